The molecule has 0 aromatic carbocycles. The molecule has 0 aliphatic heterocycles. The standard InChI is InChI=1S/C17H27N5/c1-4-21-12-17(14(3)20-21)13(2)18-11-16-9-10-19-22(16)15-7-5-6-8-15/h9-10,12-13,15,18H,4-8,11H2,1-3H3. The lowest BCUT2D eigenvalue weighted by Gasteiger charge is -2.17. The second kappa shape index (κ2) is 6.65. The monoisotopic (exact) mass is 301 g/mol. The molecule has 0 radical (unpaired) electrons. The molecular formula is C17H27N5. The summed E-state index contributed by atoms with van der Waals surface area (Å²) in [6.07, 6.45) is 9.30. The van der Waals surface area contributed by atoms with Crippen molar-refractivity contribution in [1.82, 2.24) is 24.9 Å². The van der Waals surface area contributed by atoms with Crippen LogP contribution in [0.15, 0.2) is 18.5 Å². The average molecular weight is 301 g/mol. The van der Waals surface area contributed by atoms with Crippen molar-refractivity contribution in [1.29, 1.82) is 0 Å². The first kappa shape index (κ1) is 15.3. The van der Waals surface area contributed by atoms with Gasteiger partial charge in [-0.05, 0) is 39.7 Å². The van der Waals surface area contributed by atoms with Gasteiger partial charge in [-0.2, -0.15) is 10.2 Å². The summed E-state index contributed by atoms with van der Waals surface area (Å²) >= 11 is 0. The Balaban J connectivity index is 1.64. The highest BCUT2D eigenvalue weighted by Gasteiger charge is 2.20. The summed E-state index contributed by atoms with van der Waals surface area (Å²) in [7, 11) is 0. The van der Waals surface area contributed by atoms with Crippen LogP contribution < -0.4 is 5.32 Å². The Labute approximate surface area is 132 Å². The first-order chi connectivity index (χ1) is 10.7. The highest BCUT2D eigenvalue weighted by molar-refractivity contribution is 5.19. The van der Waals surface area contributed by atoms with E-state index in [4.69, 9.17) is 0 Å². The molecule has 5 heteroatoms. The number of nitrogens with zero attached hydrogens (tertiary/aromatic N) is 4. The van der Waals surface area contributed by atoms with E-state index in [2.05, 4.69) is 53.2 Å². The minimum atomic E-state index is 0.298. The van der Waals surface area contributed by atoms with Gasteiger partial charge in [0.15, 0.2) is 0 Å². The van der Waals surface area contributed by atoms with Gasteiger partial charge in [0.2, 0.25) is 0 Å². The van der Waals surface area contributed by atoms with Crippen LogP contribution in [0.1, 0.15) is 68.6 Å². The van der Waals surface area contributed by atoms with Crippen LogP contribution >= 0.6 is 0 Å². The van der Waals surface area contributed by atoms with Crippen LogP contribution in [0.5, 0.6) is 0 Å². The van der Waals surface area contributed by atoms with Crippen molar-refractivity contribution in [3.8, 4) is 0 Å². The van der Waals surface area contributed by atoms with Gasteiger partial charge in [0.1, 0.15) is 0 Å². The molecule has 1 atom stereocenters. The van der Waals surface area contributed by atoms with Crippen LogP contribution in [0.4, 0.5) is 0 Å². The van der Waals surface area contributed by atoms with Gasteiger partial charge >= 0.3 is 0 Å². The first-order valence-electron chi connectivity index (χ1n) is 8.48. The van der Waals surface area contributed by atoms with E-state index in [0.717, 1.165) is 18.8 Å². The van der Waals surface area contributed by atoms with Crippen LogP contribution in [0, 0.1) is 6.92 Å². The number of hydrogen-bond donors (Lipinski definition) is 1. The Morgan fingerprint density at radius 2 is 2.14 bits per heavy atom. The van der Waals surface area contributed by atoms with Crippen LogP contribution in [-0.4, -0.2) is 19.6 Å². The minimum absolute atomic E-state index is 0.298. The predicted octanol–water partition coefficient (Wildman–Crippen LogP) is 3.37. The molecule has 1 N–H and O–H groups in total. The second-order valence-electron chi connectivity index (χ2n) is 6.33. The maximum absolute atomic E-state index is 4.54. The molecule has 1 aliphatic rings. The number of rotatable bonds is 6. The molecule has 1 saturated carbocycles. The van der Waals surface area contributed by atoms with Gasteiger partial charge in [-0.15, -0.1) is 0 Å². The van der Waals surface area contributed by atoms with Crippen LogP contribution in [0.3, 0.4) is 0 Å². The molecule has 22 heavy (non-hydrogen) atoms. The van der Waals surface area contributed by atoms with E-state index in [9.17, 15) is 0 Å². The van der Waals surface area contributed by atoms with E-state index < -0.39 is 0 Å². The smallest absolute Gasteiger partial charge is 0.0641 e. The van der Waals surface area contributed by atoms with E-state index >= 15 is 0 Å². The van der Waals surface area contributed by atoms with Crippen molar-refractivity contribution in [3.63, 3.8) is 0 Å². The largest absolute Gasteiger partial charge is 0.304 e. The summed E-state index contributed by atoms with van der Waals surface area (Å²) in [5.41, 5.74) is 3.69. The van der Waals surface area contributed by atoms with Gasteiger partial charge in [0.25, 0.3) is 0 Å². The zero-order valence-electron chi connectivity index (χ0n) is 13.9. The molecule has 1 fully saturated rings. The Morgan fingerprint density at radius 3 is 2.82 bits per heavy atom. The molecular weight excluding hydrogens is 274 g/mol. The van der Waals surface area contributed by atoms with Gasteiger partial charge in [-0.3, -0.25) is 9.36 Å². The SMILES string of the molecule is CCn1cc(C(C)NCc2ccnn2C2CCCC2)c(C)n1. The molecule has 120 valence electrons. The number of hydrogen-bond acceptors (Lipinski definition) is 3. The molecule has 0 spiro atoms. The highest BCUT2D eigenvalue weighted by atomic mass is 15.3. The van der Waals surface area contributed by atoms with Crippen molar-refractivity contribution >= 4 is 0 Å². The zero-order chi connectivity index (χ0) is 15.5. The Hall–Kier alpha value is -1.62. The molecule has 3 rings (SSSR count). The lowest BCUT2D eigenvalue weighted by molar-refractivity contribution is 0.434. The Morgan fingerprint density at radius 1 is 1.36 bits per heavy atom. The van der Waals surface area contributed by atoms with Crippen LogP contribution in [0.2, 0.25) is 0 Å². The fraction of sp³-hybridized carbons (Fsp3) is 0.647. The van der Waals surface area contributed by atoms with E-state index in [1.165, 1.54) is 36.9 Å². The van der Waals surface area contributed by atoms with Crippen molar-refractivity contribution in [3.05, 3.63) is 35.4 Å². The van der Waals surface area contributed by atoms with Gasteiger partial charge < -0.3 is 5.32 Å². The number of nitrogens with one attached hydrogen (secondary N) is 1. The van der Waals surface area contributed by atoms with Crippen LogP contribution in [-0.2, 0) is 13.1 Å². The van der Waals surface area contributed by atoms with Crippen molar-refractivity contribution in [2.45, 2.75) is 71.6 Å². The van der Waals surface area contributed by atoms with Crippen molar-refractivity contribution in [2.24, 2.45) is 0 Å². The molecule has 0 bridgehead atoms. The predicted molar refractivity (Wildman–Crippen MR) is 87.6 cm³/mol. The molecule has 0 saturated heterocycles. The number of aromatic nitrogens is 4. The van der Waals surface area contributed by atoms with E-state index in [1.54, 1.807) is 0 Å². The quantitative estimate of drug-likeness (QED) is 0.890. The zero-order valence-corrected chi connectivity index (χ0v) is 13.9. The molecule has 1 unspecified atom stereocenters. The lowest BCUT2D eigenvalue weighted by atomic mass is 10.1. The van der Waals surface area contributed by atoms with Crippen LogP contribution in [0.25, 0.3) is 0 Å². The second-order valence-corrected chi connectivity index (χ2v) is 6.33. The minimum Gasteiger partial charge on any atom is -0.304 e. The average Bonchev–Trinajstić information content (AvgIpc) is 3.24. The van der Waals surface area contributed by atoms with Crippen molar-refractivity contribution < 1.29 is 0 Å². The summed E-state index contributed by atoms with van der Waals surface area (Å²) < 4.78 is 4.24. The molecule has 2 aromatic heterocycles. The van der Waals surface area contributed by atoms with Gasteiger partial charge in [0.05, 0.1) is 17.4 Å². The third-order valence-electron chi connectivity index (χ3n) is 4.79. The molecule has 2 aromatic rings. The van der Waals surface area contributed by atoms with Gasteiger partial charge in [-0.25, -0.2) is 0 Å². The van der Waals surface area contributed by atoms with Gasteiger partial charge in [-0.1, -0.05) is 12.8 Å². The van der Waals surface area contributed by atoms with E-state index in [-0.39, 0.29) is 0 Å². The maximum atomic E-state index is 4.54. The Bertz CT molecular complexity index is 606. The molecule has 1 aliphatic carbocycles. The summed E-state index contributed by atoms with van der Waals surface area (Å²) in [6, 6.07) is 3.04. The molecule has 5 nitrogen and oxygen atoms in total. The summed E-state index contributed by atoms with van der Waals surface area (Å²) in [5, 5.41) is 12.7. The third-order valence-corrected chi connectivity index (χ3v) is 4.79. The normalized spacial score (nSPS) is 17.2. The fourth-order valence-electron chi connectivity index (χ4n) is 3.45. The fourth-order valence-corrected chi connectivity index (χ4v) is 3.45. The van der Waals surface area contributed by atoms with Crippen molar-refractivity contribution in [2.75, 3.05) is 0 Å². The first-order valence-corrected chi connectivity index (χ1v) is 8.48. The third kappa shape index (κ3) is 3.09. The molecule has 0 amide bonds. The van der Waals surface area contributed by atoms with E-state index in [0.29, 0.717) is 12.1 Å². The van der Waals surface area contributed by atoms with Gasteiger partial charge in [0, 0.05) is 37.1 Å². The topological polar surface area (TPSA) is 47.7 Å². The van der Waals surface area contributed by atoms with E-state index in [1.807, 2.05) is 10.9 Å². The summed E-state index contributed by atoms with van der Waals surface area (Å²) in [4.78, 5) is 0. The number of aryl methyl sites for hydroxylation is 2. The lowest BCUT2D eigenvalue weighted by Crippen LogP contribution is -2.21. The summed E-state index contributed by atoms with van der Waals surface area (Å²) in [5.74, 6) is 0. The summed E-state index contributed by atoms with van der Waals surface area (Å²) in [6.45, 7) is 8.19. The molecule has 2 heterocycles. The Kier molecular flexibility index (Phi) is 4.62. The maximum Gasteiger partial charge on any atom is 0.0641 e. The highest BCUT2D eigenvalue weighted by Crippen LogP contribution is 2.29.